The zero-order chi connectivity index (χ0) is 103. The quantitative estimate of drug-likeness (QED) is 0.0312. The Labute approximate surface area is 840 Å². The van der Waals surface area contributed by atoms with Crippen molar-refractivity contribution in [1.29, 1.82) is 0 Å². The van der Waals surface area contributed by atoms with E-state index in [0.717, 1.165) is 64.2 Å². The number of nitrogens with two attached hydrogens (primary N) is 1. The maximum atomic E-state index is 14.4. The Balaban J connectivity index is 0.000000183. The molecule has 0 spiro atoms. The number of hydrogen-bond acceptors (Lipinski definition) is 32. The average molecular weight is 2010 g/mol. The minimum atomic E-state index is -0.591. The summed E-state index contributed by atoms with van der Waals surface area (Å²) >= 11 is 7.68. The van der Waals surface area contributed by atoms with Crippen LogP contribution in [0.25, 0.3) is 0 Å². The highest BCUT2D eigenvalue weighted by Gasteiger charge is 2.28. The van der Waals surface area contributed by atoms with E-state index in [1.165, 1.54) is 93.0 Å². The van der Waals surface area contributed by atoms with Gasteiger partial charge in [-0.25, -0.2) is 37.5 Å². The molecule has 0 aliphatic heterocycles. The topological polar surface area (TPSA) is 327 Å². The van der Waals surface area contributed by atoms with Crippen molar-refractivity contribution in [1.82, 2.24) is 24.9 Å². The molecule has 28 nitrogen and oxygen atoms in total. The van der Waals surface area contributed by atoms with E-state index in [1.54, 1.807) is 185 Å². The van der Waals surface area contributed by atoms with Crippen LogP contribution >= 0.6 is 56.7 Å². The molecule has 0 saturated carbocycles. The summed E-state index contributed by atoms with van der Waals surface area (Å²) in [4.78, 5) is 119. The summed E-state index contributed by atoms with van der Waals surface area (Å²) in [5.41, 5.74) is 21.3. The highest BCUT2D eigenvalue weighted by atomic mass is 32.1. The van der Waals surface area contributed by atoms with E-state index in [9.17, 15) is 42.3 Å². The lowest BCUT2D eigenvalue weighted by molar-refractivity contribution is 0.00570. The van der Waals surface area contributed by atoms with Crippen molar-refractivity contribution in [3.8, 4) is 23.0 Å². The molecule has 0 aliphatic carbocycles. The molecule has 1 amide bonds. The second-order valence-corrected chi connectivity index (χ2v) is 40.9. The maximum Gasteiger partial charge on any atom is 0.341 e. The average Bonchev–Trinajstić information content (AvgIpc) is 1.78. The number of carbonyl (C=O) groups excluding carboxylic acids is 7. The number of esters is 6. The van der Waals surface area contributed by atoms with E-state index in [2.05, 4.69) is 30.2 Å². The number of methoxy groups -OCH3 is 5. The zero-order valence-corrected chi connectivity index (χ0v) is 86.2. The van der Waals surface area contributed by atoms with Gasteiger partial charge in [-0.15, -0.1) is 56.7 Å². The second-order valence-electron chi connectivity index (χ2n) is 36.1. The summed E-state index contributed by atoms with van der Waals surface area (Å²) < 4.78 is 81.6. The van der Waals surface area contributed by atoms with Crippen molar-refractivity contribution in [3.05, 3.63) is 328 Å². The summed E-state index contributed by atoms with van der Waals surface area (Å²) in [7, 11) is 7.18. The molecule has 5 aromatic heterocycles. The standard InChI is InChI=1S/C24H26N2O5S.C23H25N3O4S.2C22H23FN2O3S.C15H18N2O2S/c1-24(2,3)31-22(27)16-7-6-8-17(11-16)26(14-19-13-25-15-32-19)18-9-10-20(23(28)30-5)21(12-18)29-4;1-23(2,3)30-22(28)15-6-5-7-16(10-15)26(13-18-12-25-14-31-18)17-8-9-19(21(24)27)20(11-17)29-4;1-22(2,3)28-21(26)15-5-7-16(8-6-15)25(13-18-12-24-14-29-18)17-9-10-20(27-4)19(23)11-17;1-22(2,3)28-21(26)15-6-5-7-16(10-15)25(13-18-12-24-14-29-18)17-8-9-20(27-4)19(23)11-17;1-15(2,3)19-14(18)11-5-4-6-12(7-11)17-9-13-8-16-10-20-13/h6-13,15H,14H2,1-5H3;5-12,14H,13H2,1-4H3,(H2,24,27);2*5-12,14H,13H2,1-4H3;4-8,10,17H,9H2,1-3H3. The number of carbonyl (C=O) groups is 7. The van der Waals surface area contributed by atoms with Gasteiger partial charge in [-0.1, -0.05) is 24.3 Å². The van der Waals surface area contributed by atoms with Crippen molar-refractivity contribution in [2.75, 3.05) is 60.5 Å². The molecule has 14 rings (SSSR count). The first-order valence-electron chi connectivity index (χ1n) is 44.2. The number of rotatable bonds is 30. The molecule has 0 saturated heterocycles. The number of hydrogen-bond donors (Lipinski definition) is 2. The lowest BCUT2D eigenvalue weighted by Crippen LogP contribution is -2.24. The predicted molar refractivity (Wildman–Crippen MR) is 551 cm³/mol. The third kappa shape index (κ3) is 33.6. The van der Waals surface area contributed by atoms with Crippen molar-refractivity contribution in [3.63, 3.8) is 0 Å². The molecule has 0 radical (unpaired) electrons. The summed E-state index contributed by atoms with van der Waals surface area (Å²) in [5.74, 6) is -2.68. The first-order valence-corrected chi connectivity index (χ1v) is 48.6. The van der Waals surface area contributed by atoms with Crippen molar-refractivity contribution < 1.29 is 89.7 Å². The molecule has 740 valence electrons. The molecule has 0 atom stereocenters. The van der Waals surface area contributed by atoms with Gasteiger partial charge in [0.15, 0.2) is 23.1 Å². The van der Waals surface area contributed by atoms with Crippen molar-refractivity contribution >= 4 is 150 Å². The molecule has 3 N–H and O–H groups in total. The molecule has 0 fully saturated rings. The molecule has 14 aromatic rings. The van der Waals surface area contributed by atoms with Crippen LogP contribution in [0.1, 0.15) is 201 Å². The third-order valence-electron chi connectivity index (χ3n) is 19.4. The van der Waals surface area contributed by atoms with Gasteiger partial charge in [-0.05, 0) is 249 Å². The van der Waals surface area contributed by atoms with Gasteiger partial charge < -0.3 is 78.0 Å². The van der Waals surface area contributed by atoms with Gasteiger partial charge in [0.2, 0.25) is 0 Å². The minimum Gasteiger partial charge on any atom is -0.496 e. The fraction of sp³-hybridized carbons (Fsp3) is 0.283. The van der Waals surface area contributed by atoms with Gasteiger partial charge >= 0.3 is 35.8 Å². The van der Waals surface area contributed by atoms with Crippen LogP contribution in [0.3, 0.4) is 0 Å². The van der Waals surface area contributed by atoms with Gasteiger partial charge in [-0.3, -0.25) is 29.7 Å². The summed E-state index contributed by atoms with van der Waals surface area (Å²) in [5, 5.41) is 3.27. The Morgan fingerprint density at radius 1 is 0.305 bits per heavy atom. The lowest BCUT2D eigenvalue weighted by atomic mass is 10.1. The number of benzene rings is 9. The monoisotopic (exact) mass is 2010 g/mol. The Hall–Kier alpha value is -14.5. The Bertz CT molecular complexity index is 6480. The first kappa shape index (κ1) is 108. The normalized spacial score (nSPS) is 11.1. The van der Waals surface area contributed by atoms with Crippen LogP contribution in [0.15, 0.2) is 253 Å². The SMILES string of the molecule is CC(C)(C)OC(=O)c1cccc(NCc2cncs2)c1.COC(=O)c1ccc(N(Cc2cncs2)c2cccc(C(=O)OC(C)(C)C)c2)cc1OC.COc1cc(N(Cc2cncs2)c2cccc(C(=O)OC(C)(C)C)c2)ccc1C(N)=O.COc1ccc(N(Cc2cncs2)c2ccc(C(=O)OC(C)(C)C)cc2)cc1F.COc1ccc(N(Cc2cncs2)c2cccc(C(=O)OC(C)(C)C)c2)cc1F. The molecule has 141 heavy (non-hydrogen) atoms. The van der Waals surface area contributed by atoms with Crippen LogP contribution < -0.4 is 49.6 Å². The lowest BCUT2D eigenvalue weighted by Gasteiger charge is -2.26. The summed E-state index contributed by atoms with van der Waals surface area (Å²) in [6, 6.07) is 56.0. The Morgan fingerprint density at radius 2 is 0.582 bits per heavy atom. The zero-order valence-electron chi connectivity index (χ0n) is 82.1. The van der Waals surface area contributed by atoms with E-state index < -0.39 is 69.4 Å². The number of halogens is 2. The fourth-order valence-electron chi connectivity index (χ4n) is 13.2. The van der Waals surface area contributed by atoms with E-state index in [1.807, 2.05) is 190 Å². The van der Waals surface area contributed by atoms with Crippen molar-refractivity contribution in [2.45, 2.75) is 165 Å². The van der Waals surface area contributed by atoms with Crippen LogP contribution in [0, 0.1) is 11.6 Å². The second kappa shape index (κ2) is 49.9. The first-order chi connectivity index (χ1) is 66.9. The Kier molecular flexibility index (Phi) is 38.4. The Morgan fingerprint density at radius 3 is 0.887 bits per heavy atom. The molecule has 9 aromatic carbocycles. The number of nitrogens with zero attached hydrogens (tertiary/aromatic N) is 9. The molecule has 5 heterocycles. The van der Waals surface area contributed by atoms with E-state index in [4.69, 9.17) is 53.1 Å². The van der Waals surface area contributed by atoms with Gasteiger partial charge in [0, 0.05) is 131 Å². The van der Waals surface area contributed by atoms with E-state index in [-0.39, 0.29) is 23.4 Å². The van der Waals surface area contributed by atoms with Gasteiger partial charge in [0.05, 0.1) is 129 Å². The highest BCUT2D eigenvalue weighted by Crippen LogP contribution is 2.40. The summed E-state index contributed by atoms with van der Waals surface area (Å²) in [6.07, 6.45) is 8.98. The number of anilines is 9. The van der Waals surface area contributed by atoms with Gasteiger partial charge in [0.25, 0.3) is 5.91 Å². The number of nitrogens with one attached hydrogen (secondary N) is 1. The largest absolute Gasteiger partial charge is 0.496 e. The fourth-order valence-corrected chi connectivity index (χ4v) is 16.1. The minimum absolute atomic E-state index is 0.175. The van der Waals surface area contributed by atoms with Crippen LogP contribution in [0.4, 0.5) is 60.0 Å². The van der Waals surface area contributed by atoms with E-state index in [0.29, 0.717) is 94.5 Å². The summed E-state index contributed by atoms with van der Waals surface area (Å²) in [6.45, 7) is 30.2. The van der Waals surface area contributed by atoms with E-state index >= 15 is 0 Å². The molecule has 0 aliphatic rings. The highest BCUT2D eigenvalue weighted by molar-refractivity contribution is 7.10. The number of primary amides is 1. The molecule has 0 unspecified atom stereocenters. The number of aromatic nitrogens is 5. The third-order valence-corrected chi connectivity index (χ3v) is 23.2. The van der Waals surface area contributed by atoms with Crippen LogP contribution in [0.2, 0.25) is 0 Å². The molecular weight excluding hydrogens is 1900 g/mol. The number of ether oxygens (including phenoxy) is 10. The maximum absolute atomic E-state index is 14.4. The van der Waals surface area contributed by atoms with Crippen LogP contribution in [0.5, 0.6) is 23.0 Å². The molecule has 35 heteroatoms. The number of thiazole rings is 5. The molecule has 0 bridgehead atoms. The van der Waals surface area contributed by atoms with Crippen LogP contribution in [-0.2, 0) is 61.1 Å². The predicted octanol–water partition coefficient (Wildman–Crippen LogP) is 24.7. The molecular formula is C106H115F2N11O17S5. The van der Waals surface area contributed by atoms with Gasteiger partial charge in [0.1, 0.15) is 45.1 Å². The van der Waals surface area contributed by atoms with Gasteiger partial charge in [-0.2, -0.15) is 0 Å². The number of amides is 1. The van der Waals surface area contributed by atoms with Crippen LogP contribution in [-0.4, -0.2) is 130 Å². The smallest absolute Gasteiger partial charge is 0.341 e. The van der Waals surface area contributed by atoms with Crippen molar-refractivity contribution in [2.24, 2.45) is 5.73 Å².